The molecule has 1 atom stereocenters. The molecule has 2 amide bonds. The van der Waals surface area contributed by atoms with Crippen LogP contribution in [0.3, 0.4) is 0 Å². The number of fused-ring (bicyclic) bond motifs is 1. The zero-order valence-corrected chi connectivity index (χ0v) is 18.3. The lowest BCUT2D eigenvalue weighted by molar-refractivity contribution is -0.121. The van der Waals surface area contributed by atoms with Crippen molar-refractivity contribution in [1.82, 2.24) is 4.90 Å². The molecule has 1 aliphatic heterocycles. The molecule has 3 aromatic carbocycles. The highest BCUT2D eigenvalue weighted by molar-refractivity contribution is 6.08. The molecule has 1 heterocycles. The molecular weight excluding hydrogens is 388 g/mol. The van der Waals surface area contributed by atoms with Crippen molar-refractivity contribution in [3.05, 3.63) is 71.3 Å². The van der Waals surface area contributed by atoms with Gasteiger partial charge in [-0.15, -0.1) is 0 Å². The molecule has 5 heteroatoms. The summed E-state index contributed by atoms with van der Waals surface area (Å²) in [6.07, 6.45) is 1.59. The first-order valence-corrected chi connectivity index (χ1v) is 10.7. The highest BCUT2D eigenvalue weighted by Gasteiger charge is 2.30. The highest BCUT2D eigenvalue weighted by atomic mass is 16.5. The third kappa shape index (κ3) is 4.26. The van der Waals surface area contributed by atoms with Crippen molar-refractivity contribution in [1.29, 1.82) is 0 Å². The van der Waals surface area contributed by atoms with E-state index in [1.807, 2.05) is 66.4 Å². The topological polar surface area (TPSA) is 58.6 Å². The van der Waals surface area contributed by atoms with Gasteiger partial charge in [0.1, 0.15) is 5.75 Å². The fourth-order valence-electron chi connectivity index (χ4n) is 4.25. The van der Waals surface area contributed by atoms with Gasteiger partial charge in [0.15, 0.2) is 0 Å². The molecule has 1 aliphatic rings. The molecule has 0 unspecified atom stereocenters. The zero-order chi connectivity index (χ0) is 22.0. The molecule has 160 valence electrons. The van der Waals surface area contributed by atoms with Crippen LogP contribution < -0.4 is 10.1 Å². The first-order valence-electron chi connectivity index (χ1n) is 10.7. The number of methoxy groups -OCH3 is 1. The summed E-state index contributed by atoms with van der Waals surface area (Å²) < 4.78 is 5.45. The lowest BCUT2D eigenvalue weighted by atomic mass is 9.95. The van der Waals surface area contributed by atoms with E-state index in [0.29, 0.717) is 18.7 Å². The van der Waals surface area contributed by atoms with E-state index < -0.39 is 0 Å². The van der Waals surface area contributed by atoms with Gasteiger partial charge in [-0.3, -0.25) is 9.59 Å². The summed E-state index contributed by atoms with van der Waals surface area (Å²) in [5, 5.41) is 4.81. The van der Waals surface area contributed by atoms with Crippen LogP contribution in [0.2, 0.25) is 0 Å². The number of carbonyl (C=O) groups is 2. The van der Waals surface area contributed by atoms with E-state index in [4.69, 9.17) is 4.74 Å². The molecule has 3 aromatic rings. The van der Waals surface area contributed by atoms with Gasteiger partial charge in [-0.25, -0.2) is 0 Å². The van der Waals surface area contributed by atoms with Gasteiger partial charge in [-0.1, -0.05) is 30.3 Å². The van der Waals surface area contributed by atoms with E-state index in [0.717, 1.165) is 40.6 Å². The second-order valence-electron chi connectivity index (χ2n) is 8.24. The van der Waals surface area contributed by atoms with Gasteiger partial charge in [0.2, 0.25) is 5.91 Å². The number of hydrogen-bond donors (Lipinski definition) is 1. The van der Waals surface area contributed by atoms with Crippen LogP contribution in [0.25, 0.3) is 10.8 Å². The highest BCUT2D eigenvalue weighted by Crippen LogP contribution is 2.30. The molecule has 0 aromatic heterocycles. The van der Waals surface area contributed by atoms with Crippen molar-refractivity contribution in [2.45, 2.75) is 26.7 Å². The van der Waals surface area contributed by atoms with Gasteiger partial charge >= 0.3 is 0 Å². The molecule has 5 nitrogen and oxygen atoms in total. The number of rotatable bonds is 4. The minimum atomic E-state index is -0.219. The van der Waals surface area contributed by atoms with Crippen molar-refractivity contribution in [3.63, 3.8) is 0 Å². The lowest BCUT2D eigenvalue weighted by Gasteiger charge is -2.32. The van der Waals surface area contributed by atoms with E-state index in [1.165, 1.54) is 5.56 Å². The Balaban J connectivity index is 1.52. The third-order valence-electron chi connectivity index (χ3n) is 6.19. The van der Waals surface area contributed by atoms with Gasteiger partial charge in [0, 0.05) is 29.7 Å². The van der Waals surface area contributed by atoms with Gasteiger partial charge in [-0.05, 0) is 67.5 Å². The van der Waals surface area contributed by atoms with E-state index in [-0.39, 0.29) is 17.7 Å². The van der Waals surface area contributed by atoms with Crippen molar-refractivity contribution in [3.8, 4) is 5.75 Å². The van der Waals surface area contributed by atoms with Crippen LogP contribution >= 0.6 is 0 Å². The normalized spacial score (nSPS) is 16.2. The molecule has 0 saturated carbocycles. The van der Waals surface area contributed by atoms with Crippen molar-refractivity contribution in [2.75, 3.05) is 25.5 Å². The van der Waals surface area contributed by atoms with E-state index in [2.05, 4.69) is 12.2 Å². The quantitative estimate of drug-likeness (QED) is 0.654. The third-order valence-corrected chi connectivity index (χ3v) is 6.19. The summed E-state index contributed by atoms with van der Waals surface area (Å²) in [6.45, 7) is 5.17. The van der Waals surface area contributed by atoms with Crippen LogP contribution in [0.4, 0.5) is 5.69 Å². The fourth-order valence-corrected chi connectivity index (χ4v) is 4.25. The summed E-state index contributed by atoms with van der Waals surface area (Å²) in [5.41, 5.74) is 3.79. The predicted octanol–water partition coefficient (Wildman–Crippen LogP) is 4.96. The first-order chi connectivity index (χ1) is 15.0. The molecule has 1 N–H and O–H groups in total. The Hall–Kier alpha value is -3.34. The van der Waals surface area contributed by atoms with Crippen LogP contribution in [-0.4, -0.2) is 36.9 Å². The summed E-state index contributed by atoms with van der Waals surface area (Å²) in [5.74, 6) is 0.461. The Labute approximate surface area is 183 Å². The number of aryl methyl sites for hydroxylation is 2. The molecule has 31 heavy (non-hydrogen) atoms. The Kier molecular flexibility index (Phi) is 5.94. The van der Waals surface area contributed by atoms with Crippen LogP contribution in [-0.2, 0) is 4.79 Å². The predicted molar refractivity (Wildman–Crippen MR) is 124 cm³/mol. The van der Waals surface area contributed by atoms with Gasteiger partial charge in [0.05, 0.1) is 13.0 Å². The largest absolute Gasteiger partial charge is 0.496 e. The molecule has 0 aliphatic carbocycles. The second kappa shape index (κ2) is 8.80. The molecule has 4 rings (SSSR count). The van der Waals surface area contributed by atoms with Crippen molar-refractivity contribution < 1.29 is 14.3 Å². The van der Waals surface area contributed by atoms with Gasteiger partial charge in [-0.2, -0.15) is 0 Å². The minimum absolute atomic E-state index is 0.0275. The van der Waals surface area contributed by atoms with Crippen LogP contribution in [0.1, 0.15) is 34.3 Å². The maximum atomic E-state index is 13.4. The Morgan fingerprint density at radius 1 is 1.00 bits per heavy atom. The lowest BCUT2D eigenvalue weighted by Crippen LogP contribution is -2.43. The molecule has 0 spiro atoms. The Bertz CT molecular complexity index is 1140. The SMILES string of the molecule is COc1ccc(C(=O)N2CCC[C@@H](C(=O)Nc3ccc(C)c(C)c3)C2)c2ccccc12. The number of benzene rings is 3. The van der Waals surface area contributed by atoms with Gasteiger partial charge in [0.25, 0.3) is 5.91 Å². The summed E-state index contributed by atoms with van der Waals surface area (Å²) in [4.78, 5) is 28.1. The van der Waals surface area contributed by atoms with Crippen LogP contribution in [0.15, 0.2) is 54.6 Å². The Morgan fingerprint density at radius 3 is 2.52 bits per heavy atom. The van der Waals surface area contributed by atoms with Crippen molar-refractivity contribution >= 4 is 28.3 Å². The number of hydrogen-bond acceptors (Lipinski definition) is 3. The Morgan fingerprint density at radius 2 is 1.77 bits per heavy atom. The number of amides is 2. The van der Waals surface area contributed by atoms with Crippen molar-refractivity contribution in [2.24, 2.45) is 5.92 Å². The number of ether oxygens (including phenoxy) is 1. The molecule has 1 fully saturated rings. The number of carbonyl (C=O) groups excluding carboxylic acids is 2. The molecule has 0 bridgehead atoms. The summed E-state index contributed by atoms with van der Waals surface area (Å²) >= 11 is 0. The number of anilines is 1. The molecule has 0 radical (unpaired) electrons. The van der Waals surface area contributed by atoms with E-state index in [9.17, 15) is 9.59 Å². The van der Waals surface area contributed by atoms with Crippen LogP contribution in [0.5, 0.6) is 5.75 Å². The average molecular weight is 417 g/mol. The minimum Gasteiger partial charge on any atom is -0.496 e. The van der Waals surface area contributed by atoms with E-state index in [1.54, 1.807) is 7.11 Å². The number of likely N-dealkylation sites (tertiary alicyclic amines) is 1. The molecular formula is C26H28N2O3. The maximum absolute atomic E-state index is 13.4. The summed E-state index contributed by atoms with van der Waals surface area (Å²) in [6, 6.07) is 17.3. The monoisotopic (exact) mass is 416 g/mol. The summed E-state index contributed by atoms with van der Waals surface area (Å²) in [7, 11) is 1.63. The average Bonchev–Trinajstić information content (AvgIpc) is 2.80. The number of nitrogens with zero attached hydrogens (tertiary/aromatic N) is 1. The molecule has 1 saturated heterocycles. The first kappa shape index (κ1) is 20.9. The fraction of sp³-hybridized carbons (Fsp3) is 0.308. The van der Waals surface area contributed by atoms with Gasteiger partial charge < -0.3 is 15.0 Å². The van der Waals surface area contributed by atoms with E-state index >= 15 is 0 Å². The zero-order valence-electron chi connectivity index (χ0n) is 18.3. The smallest absolute Gasteiger partial charge is 0.254 e. The number of piperidine rings is 1. The number of nitrogens with one attached hydrogen (secondary N) is 1. The maximum Gasteiger partial charge on any atom is 0.254 e. The van der Waals surface area contributed by atoms with Crippen LogP contribution in [0, 0.1) is 19.8 Å². The standard InChI is InChI=1S/C26H28N2O3/c1-17-10-11-20(15-18(17)2)27-25(29)19-7-6-14-28(16-19)26(30)23-12-13-24(31-3)22-9-5-4-8-21(22)23/h4-5,8-13,15,19H,6-7,14,16H2,1-3H3,(H,27,29)/t19-/m1/s1. The second-order valence-corrected chi connectivity index (χ2v) is 8.24.